The highest BCUT2D eigenvalue weighted by molar-refractivity contribution is 7.16. The highest BCUT2D eigenvalue weighted by Gasteiger charge is 2.19. The average Bonchev–Trinajstić information content (AvgIpc) is 3.11. The minimum absolute atomic E-state index is 0.269. The van der Waals surface area contributed by atoms with Gasteiger partial charge in [0, 0.05) is 10.6 Å². The second-order valence-corrected chi connectivity index (χ2v) is 8.13. The molecule has 0 radical (unpaired) electrons. The van der Waals surface area contributed by atoms with Crippen LogP contribution in [-0.2, 0) is 6.54 Å². The quantitative estimate of drug-likeness (QED) is 0.421. The molecule has 1 heterocycles. The Morgan fingerprint density at radius 2 is 1.75 bits per heavy atom. The van der Waals surface area contributed by atoms with E-state index in [0.717, 1.165) is 15.8 Å². The summed E-state index contributed by atoms with van der Waals surface area (Å²) < 4.78 is 19.9. The fourth-order valence-corrected chi connectivity index (χ4v) is 4.54. The highest BCUT2D eigenvalue weighted by Crippen LogP contribution is 2.39. The molecule has 0 atom stereocenters. The Morgan fingerprint density at radius 3 is 2.31 bits per heavy atom. The molecule has 0 saturated carbocycles. The lowest BCUT2D eigenvalue weighted by Gasteiger charge is -2.16. The molecule has 2 aromatic carbocycles. The van der Waals surface area contributed by atoms with Crippen molar-refractivity contribution in [1.29, 1.82) is 0 Å². The highest BCUT2D eigenvalue weighted by atomic mass is 35.5. The molecule has 168 valence electrons. The Balaban J connectivity index is 2.17. The summed E-state index contributed by atoms with van der Waals surface area (Å²) in [4.78, 5) is 18.1. The summed E-state index contributed by atoms with van der Waals surface area (Å²) in [5.41, 5.74) is 2.10. The number of thiazole rings is 1. The number of benzene rings is 2. The first-order valence-corrected chi connectivity index (χ1v) is 11.5. The Kier molecular flexibility index (Phi) is 7.84. The van der Waals surface area contributed by atoms with Crippen molar-refractivity contribution in [2.45, 2.75) is 34.2 Å². The van der Waals surface area contributed by atoms with Crippen molar-refractivity contribution in [2.24, 2.45) is 4.99 Å². The number of halogens is 1. The van der Waals surface area contributed by atoms with E-state index in [0.29, 0.717) is 52.5 Å². The maximum absolute atomic E-state index is 13.2. The molecule has 0 N–H and O–H groups in total. The van der Waals surface area contributed by atoms with Gasteiger partial charge in [0.15, 0.2) is 16.3 Å². The lowest BCUT2D eigenvalue weighted by atomic mass is 10.1. The zero-order valence-electron chi connectivity index (χ0n) is 18.5. The largest absolute Gasteiger partial charge is 0.490 e. The van der Waals surface area contributed by atoms with Crippen LogP contribution in [0.4, 0.5) is 0 Å². The van der Waals surface area contributed by atoms with E-state index in [2.05, 4.69) is 10.9 Å². The topological polar surface area (TPSA) is 62.1 Å². The number of terminal acetylenes is 1. The first-order valence-electron chi connectivity index (χ1n) is 10.3. The van der Waals surface area contributed by atoms with Gasteiger partial charge in [-0.2, -0.15) is 4.99 Å². The van der Waals surface area contributed by atoms with Crippen molar-refractivity contribution in [3.63, 3.8) is 0 Å². The van der Waals surface area contributed by atoms with Gasteiger partial charge in [-0.1, -0.05) is 28.9 Å². The van der Waals surface area contributed by atoms with E-state index in [9.17, 15) is 4.79 Å². The van der Waals surface area contributed by atoms with Gasteiger partial charge in [-0.15, -0.1) is 6.42 Å². The molecule has 0 fully saturated rings. The van der Waals surface area contributed by atoms with Crippen LogP contribution in [0.1, 0.15) is 36.7 Å². The summed E-state index contributed by atoms with van der Waals surface area (Å²) in [7, 11) is 0. The van der Waals surface area contributed by atoms with Crippen molar-refractivity contribution in [1.82, 2.24) is 4.57 Å². The van der Waals surface area contributed by atoms with Crippen LogP contribution in [0.5, 0.6) is 17.2 Å². The van der Waals surface area contributed by atoms with Crippen LogP contribution < -0.4 is 19.0 Å². The Bertz CT molecular complexity index is 1230. The van der Waals surface area contributed by atoms with E-state index >= 15 is 0 Å². The van der Waals surface area contributed by atoms with E-state index < -0.39 is 5.91 Å². The SMILES string of the molecule is C#CCn1c(=NC(=O)c2cc(OCC)c(OCC)c(OCC)c2)sc2ccc(Cl)c(C)c21. The van der Waals surface area contributed by atoms with Gasteiger partial charge in [0.1, 0.15) is 0 Å². The first-order chi connectivity index (χ1) is 15.4. The Hall–Kier alpha value is -2.95. The van der Waals surface area contributed by atoms with Crippen LogP contribution in [0.3, 0.4) is 0 Å². The molecule has 6 nitrogen and oxygen atoms in total. The van der Waals surface area contributed by atoms with Crippen molar-refractivity contribution < 1.29 is 19.0 Å². The van der Waals surface area contributed by atoms with E-state index in [1.54, 1.807) is 12.1 Å². The predicted molar refractivity (Wildman–Crippen MR) is 128 cm³/mol. The zero-order valence-corrected chi connectivity index (χ0v) is 20.1. The number of hydrogen-bond acceptors (Lipinski definition) is 5. The molecular weight excluding hydrogens is 448 g/mol. The number of ether oxygens (including phenoxy) is 3. The summed E-state index contributed by atoms with van der Waals surface area (Å²) >= 11 is 7.69. The summed E-state index contributed by atoms with van der Waals surface area (Å²) in [5, 5.41) is 0.633. The molecule has 0 aliphatic heterocycles. The minimum atomic E-state index is -0.434. The molecule has 0 bridgehead atoms. The second kappa shape index (κ2) is 10.6. The van der Waals surface area contributed by atoms with Gasteiger partial charge in [0.25, 0.3) is 5.91 Å². The summed E-state index contributed by atoms with van der Waals surface area (Å²) in [6.45, 7) is 9.06. The number of rotatable bonds is 8. The third kappa shape index (κ3) is 4.77. The van der Waals surface area contributed by atoms with Crippen LogP contribution in [0.15, 0.2) is 29.3 Å². The second-order valence-electron chi connectivity index (χ2n) is 6.71. The molecule has 1 aromatic heterocycles. The summed E-state index contributed by atoms with van der Waals surface area (Å²) in [6, 6.07) is 6.99. The van der Waals surface area contributed by atoms with E-state index in [1.165, 1.54) is 11.3 Å². The van der Waals surface area contributed by atoms with Crippen molar-refractivity contribution in [3.8, 4) is 29.6 Å². The maximum atomic E-state index is 13.2. The zero-order chi connectivity index (χ0) is 23.3. The molecule has 3 aromatic rings. The first kappa shape index (κ1) is 23.7. The number of nitrogens with zero attached hydrogens (tertiary/aromatic N) is 2. The molecule has 0 unspecified atom stereocenters. The standard InChI is InChI=1S/C24H25ClN2O4S/c1-6-12-27-21-15(5)17(25)10-11-20(21)32-24(27)26-23(28)16-13-18(29-7-2)22(31-9-4)19(14-16)30-8-3/h1,10-11,13-14H,7-9,12H2,2-5H3. The number of carbonyl (C=O) groups excluding carboxylic acids is 1. The van der Waals surface area contributed by atoms with Crippen LogP contribution >= 0.6 is 22.9 Å². The van der Waals surface area contributed by atoms with Gasteiger partial charge < -0.3 is 18.8 Å². The van der Waals surface area contributed by atoms with Crippen LogP contribution in [0.25, 0.3) is 10.2 Å². The Labute approximate surface area is 196 Å². The van der Waals surface area contributed by atoms with Gasteiger partial charge in [-0.05, 0) is 57.5 Å². The molecule has 32 heavy (non-hydrogen) atoms. The fourth-order valence-electron chi connectivity index (χ4n) is 3.30. The molecular formula is C24H25ClN2O4S. The van der Waals surface area contributed by atoms with Gasteiger partial charge >= 0.3 is 0 Å². The van der Waals surface area contributed by atoms with Crippen molar-refractivity contribution >= 4 is 39.1 Å². The van der Waals surface area contributed by atoms with E-state index in [1.807, 2.05) is 44.4 Å². The maximum Gasteiger partial charge on any atom is 0.279 e. The number of aryl methyl sites for hydroxylation is 1. The van der Waals surface area contributed by atoms with Crippen molar-refractivity contribution in [2.75, 3.05) is 19.8 Å². The number of carbonyl (C=O) groups is 1. The van der Waals surface area contributed by atoms with Crippen LogP contribution in [0.2, 0.25) is 5.02 Å². The third-order valence-corrected chi connectivity index (χ3v) is 6.09. The van der Waals surface area contributed by atoms with E-state index in [4.69, 9.17) is 32.2 Å². The van der Waals surface area contributed by atoms with Gasteiger partial charge in [-0.3, -0.25) is 4.79 Å². The molecule has 0 aliphatic rings. The van der Waals surface area contributed by atoms with Crippen molar-refractivity contribution in [3.05, 3.63) is 45.2 Å². The monoisotopic (exact) mass is 472 g/mol. The normalized spacial score (nSPS) is 11.4. The molecule has 0 spiro atoms. The summed E-state index contributed by atoms with van der Waals surface area (Å²) in [5.74, 6) is 3.55. The number of amides is 1. The number of fused-ring (bicyclic) bond motifs is 1. The smallest absolute Gasteiger partial charge is 0.279 e. The molecule has 0 saturated heterocycles. The van der Waals surface area contributed by atoms with E-state index in [-0.39, 0.29) is 6.54 Å². The number of aromatic nitrogens is 1. The number of hydrogen-bond donors (Lipinski definition) is 0. The van der Waals surface area contributed by atoms with Crippen LogP contribution in [-0.4, -0.2) is 30.3 Å². The lowest BCUT2D eigenvalue weighted by molar-refractivity contribution is 0.0996. The van der Waals surface area contributed by atoms with Gasteiger partial charge in [0.2, 0.25) is 5.75 Å². The molecule has 8 heteroatoms. The molecule has 0 aliphatic carbocycles. The average molecular weight is 473 g/mol. The molecule has 3 rings (SSSR count). The minimum Gasteiger partial charge on any atom is -0.490 e. The summed E-state index contributed by atoms with van der Waals surface area (Å²) in [6.07, 6.45) is 5.59. The third-order valence-electron chi connectivity index (χ3n) is 4.63. The van der Waals surface area contributed by atoms with Crippen LogP contribution in [0, 0.1) is 19.3 Å². The lowest BCUT2D eigenvalue weighted by Crippen LogP contribution is -2.17. The fraction of sp³-hybridized carbons (Fsp3) is 0.333. The Morgan fingerprint density at radius 1 is 1.12 bits per heavy atom. The molecule has 1 amide bonds. The van der Waals surface area contributed by atoms with Gasteiger partial charge in [-0.25, -0.2) is 0 Å². The van der Waals surface area contributed by atoms with Gasteiger partial charge in [0.05, 0.1) is 36.6 Å². The predicted octanol–water partition coefficient (Wildman–Crippen LogP) is 5.24.